The maximum absolute atomic E-state index is 5.76. The smallest absolute Gasteiger partial charge is 0.123 e. The Morgan fingerprint density at radius 3 is 2.89 bits per heavy atom. The number of hydrogen-bond acceptors (Lipinski definition) is 3. The Labute approximate surface area is 110 Å². The third-order valence-electron chi connectivity index (χ3n) is 3.93. The summed E-state index contributed by atoms with van der Waals surface area (Å²) in [5.74, 6) is 1.47. The van der Waals surface area contributed by atoms with Crippen molar-refractivity contribution >= 4 is 5.82 Å². The maximum Gasteiger partial charge on any atom is 0.123 e. The van der Waals surface area contributed by atoms with Crippen LogP contribution in [0.1, 0.15) is 44.6 Å². The second-order valence-electron chi connectivity index (χ2n) is 5.40. The van der Waals surface area contributed by atoms with E-state index >= 15 is 0 Å². The lowest BCUT2D eigenvalue weighted by Crippen LogP contribution is -2.37. The van der Waals surface area contributed by atoms with E-state index in [1.165, 1.54) is 37.7 Å². The van der Waals surface area contributed by atoms with Gasteiger partial charge >= 0.3 is 0 Å². The second-order valence-corrected chi connectivity index (χ2v) is 5.40. The predicted octanol–water partition coefficient (Wildman–Crippen LogP) is 2.76. The van der Waals surface area contributed by atoms with E-state index in [2.05, 4.69) is 23.3 Å². The summed E-state index contributed by atoms with van der Waals surface area (Å²) in [5, 5.41) is 3.72. The Bertz CT molecular complexity index is 359. The summed E-state index contributed by atoms with van der Waals surface area (Å²) in [6.07, 6.45) is 9.64. The zero-order chi connectivity index (χ0) is 12.8. The van der Waals surface area contributed by atoms with Crippen LogP contribution < -0.4 is 11.1 Å². The molecule has 0 spiro atoms. The van der Waals surface area contributed by atoms with Crippen molar-refractivity contribution in [1.82, 2.24) is 10.3 Å². The third kappa shape index (κ3) is 3.70. The molecule has 0 aromatic carbocycles. The van der Waals surface area contributed by atoms with E-state index in [-0.39, 0.29) is 0 Å². The minimum atomic E-state index is 0.606. The van der Waals surface area contributed by atoms with Crippen molar-refractivity contribution in [3.63, 3.8) is 0 Å². The Kier molecular flexibility index (Phi) is 5.00. The van der Waals surface area contributed by atoms with Gasteiger partial charge in [-0.25, -0.2) is 4.98 Å². The molecule has 0 radical (unpaired) electrons. The van der Waals surface area contributed by atoms with Crippen LogP contribution in [-0.4, -0.2) is 17.6 Å². The van der Waals surface area contributed by atoms with Gasteiger partial charge in [0.05, 0.1) is 0 Å². The van der Waals surface area contributed by atoms with Crippen molar-refractivity contribution in [2.75, 3.05) is 12.3 Å². The number of nitrogens with two attached hydrogens (primary N) is 1. The predicted molar refractivity (Wildman–Crippen MR) is 76.4 cm³/mol. The molecule has 18 heavy (non-hydrogen) atoms. The van der Waals surface area contributed by atoms with Crippen LogP contribution >= 0.6 is 0 Å². The summed E-state index contributed by atoms with van der Waals surface area (Å²) >= 11 is 0. The number of nitrogens with one attached hydrogen (secondary N) is 1. The molecular formula is C15H25N3. The van der Waals surface area contributed by atoms with Gasteiger partial charge in [0, 0.05) is 12.2 Å². The molecule has 1 saturated carbocycles. The quantitative estimate of drug-likeness (QED) is 0.812. The van der Waals surface area contributed by atoms with Crippen molar-refractivity contribution in [2.24, 2.45) is 5.92 Å². The molecule has 1 aromatic rings. The first-order valence-electron chi connectivity index (χ1n) is 7.23. The van der Waals surface area contributed by atoms with Crippen molar-refractivity contribution in [3.8, 4) is 0 Å². The lowest BCUT2D eigenvalue weighted by molar-refractivity contribution is 0.356. The number of anilines is 1. The topological polar surface area (TPSA) is 50.9 Å². The van der Waals surface area contributed by atoms with Gasteiger partial charge in [-0.3, -0.25) is 0 Å². The van der Waals surface area contributed by atoms with Crippen LogP contribution in [0.2, 0.25) is 0 Å². The van der Waals surface area contributed by atoms with E-state index in [9.17, 15) is 0 Å². The molecule has 3 N–H and O–H groups in total. The number of nitrogen functional groups attached to an aromatic ring is 1. The summed E-state index contributed by atoms with van der Waals surface area (Å²) in [5.41, 5.74) is 7.06. The van der Waals surface area contributed by atoms with E-state index in [0.29, 0.717) is 11.9 Å². The highest BCUT2D eigenvalue weighted by Gasteiger charge is 2.24. The summed E-state index contributed by atoms with van der Waals surface area (Å²) in [4.78, 5) is 4.06. The zero-order valence-corrected chi connectivity index (χ0v) is 11.4. The monoisotopic (exact) mass is 247 g/mol. The molecule has 3 nitrogen and oxygen atoms in total. The van der Waals surface area contributed by atoms with Crippen LogP contribution in [0.15, 0.2) is 18.3 Å². The molecule has 1 aliphatic rings. The molecule has 1 aromatic heterocycles. The largest absolute Gasteiger partial charge is 0.384 e. The van der Waals surface area contributed by atoms with Gasteiger partial charge in [0.2, 0.25) is 0 Å². The van der Waals surface area contributed by atoms with E-state index < -0.39 is 0 Å². The lowest BCUT2D eigenvalue weighted by Gasteiger charge is -2.25. The van der Waals surface area contributed by atoms with Gasteiger partial charge in [-0.2, -0.15) is 0 Å². The second kappa shape index (κ2) is 6.74. The first kappa shape index (κ1) is 13.3. The van der Waals surface area contributed by atoms with Gasteiger partial charge in [-0.15, -0.1) is 0 Å². The van der Waals surface area contributed by atoms with E-state index in [1.807, 2.05) is 12.3 Å². The summed E-state index contributed by atoms with van der Waals surface area (Å²) in [6.45, 7) is 3.34. The highest BCUT2D eigenvalue weighted by Crippen LogP contribution is 2.29. The molecule has 1 atom stereocenters. The Hall–Kier alpha value is -1.09. The van der Waals surface area contributed by atoms with Crippen LogP contribution in [0, 0.1) is 5.92 Å². The van der Waals surface area contributed by atoms with Gasteiger partial charge in [-0.05, 0) is 55.8 Å². The Balaban J connectivity index is 1.99. The third-order valence-corrected chi connectivity index (χ3v) is 3.93. The van der Waals surface area contributed by atoms with Gasteiger partial charge in [0.15, 0.2) is 0 Å². The fourth-order valence-electron chi connectivity index (χ4n) is 2.97. The van der Waals surface area contributed by atoms with Crippen LogP contribution in [0.3, 0.4) is 0 Å². The number of aromatic nitrogens is 1. The maximum atomic E-state index is 5.76. The van der Waals surface area contributed by atoms with Crippen LogP contribution in [0.5, 0.6) is 0 Å². The summed E-state index contributed by atoms with van der Waals surface area (Å²) < 4.78 is 0. The fraction of sp³-hybridized carbons (Fsp3) is 0.667. The van der Waals surface area contributed by atoms with Crippen LogP contribution in [0.25, 0.3) is 0 Å². The fourth-order valence-corrected chi connectivity index (χ4v) is 2.97. The van der Waals surface area contributed by atoms with E-state index in [0.717, 1.165) is 18.9 Å². The average Bonchev–Trinajstić information content (AvgIpc) is 2.88. The average molecular weight is 247 g/mol. The van der Waals surface area contributed by atoms with Gasteiger partial charge in [-0.1, -0.05) is 19.8 Å². The van der Waals surface area contributed by atoms with Crippen molar-refractivity contribution in [2.45, 2.75) is 51.5 Å². The van der Waals surface area contributed by atoms with Crippen LogP contribution in [-0.2, 0) is 6.42 Å². The van der Waals surface area contributed by atoms with Gasteiger partial charge in [0.1, 0.15) is 5.82 Å². The molecule has 0 aliphatic heterocycles. The highest BCUT2D eigenvalue weighted by atomic mass is 14.9. The Morgan fingerprint density at radius 1 is 1.44 bits per heavy atom. The molecule has 100 valence electrons. The standard InChI is InChI=1S/C15H25N3/c1-2-8-17-14(13-5-3-4-6-13)10-12-7-9-18-15(16)11-12/h7,9,11,13-14,17H,2-6,8,10H2,1H3,(H2,16,18). The number of rotatable bonds is 6. The molecule has 0 saturated heterocycles. The van der Waals surface area contributed by atoms with Gasteiger partial charge < -0.3 is 11.1 Å². The molecule has 1 unspecified atom stereocenters. The first-order valence-corrected chi connectivity index (χ1v) is 7.23. The highest BCUT2D eigenvalue weighted by molar-refractivity contribution is 5.32. The number of hydrogen-bond donors (Lipinski definition) is 2. The van der Waals surface area contributed by atoms with Crippen molar-refractivity contribution in [1.29, 1.82) is 0 Å². The molecule has 0 bridgehead atoms. The molecular weight excluding hydrogens is 222 g/mol. The summed E-state index contributed by atoms with van der Waals surface area (Å²) in [6, 6.07) is 4.70. The molecule has 0 amide bonds. The van der Waals surface area contributed by atoms with E-state index in [4.69, 9.17) is 5.73 Å². The lowest BCUT2D eigenvalue weighted by atomic mass is 9.92. The SMILES string of the molecule is CCCNC(Cc1ccnc(N)c1)C1CCCC1. The molecule has 1 fully saturated rings. The van der Waals surface area contributed by atoms with Crippen LogP contribution in [0.4, 0.5) is 5.82 Å². The molecule has 3 heteroatoms. The van der Waals surface area contributed by atoms with Crippen molar-refractivity contribution in [3.05, 3.63) is 23.9 Å². The normalized spacial score (nSPS) is 18.1. The Morgan fingerprint density at radius 2 is 2.22 bits per heavy atom. The first-order chi connectivity index (χ1) is 8.79. The number of pyridine rings is 1. The summed E-state index contributed by atoms with van der Waals surface area (Å²) in [7, 11) is 0. The minimum Gasteiger partial charge on any atom is -0.384 e. The zero-order valence-electron chi connectivity index (χ0n) is 11.4. The number of nitrogens with zero attached hydrogens (tertiary/aromatic N) is 1. The van der Waals surface area contributed by atoms with Gasteiger partial charge in [0.25, 0.3) is 0 Å². The molecule has 2 rings (SSSR count). The minimum absolute atomic E-state index is 0.606. The molecule has 1 heterocycles. The van der Waals surface area contributed by atoms with E-state index in [1.54, 1.807) is 0 Å². The van der Waals surface area contributed by atoms with Crippen molar-refractivity contribution < 1.29 is 0 Å². The molecule has 1 aliphatic carbocycles.